The lowest BCUT2D eigenvalue weighted by Gasteiger charge is -2.22. The van der Waals surface area contributed by atoms with Gasteiger partial charge in [0.05, 0.1) is 21.7 Å². The van der Waals surface area contributed by atoms with Crippen LogP contribution >= 0.6 is 27.3 Å². The molecule has 6 nitrogen and oxygen atoms in total. The molecular weight excluding hydrogens is 378 g/mol. The van der Waals surface area contributed by atoms with Crippen molar-refractivity contribution in [1.29, 1.82) is 0 Å². The molecule has 0 radical (unpaired) electrons. The molecule has 0 amide bonds. The summed E-state index contributed by atoms with van der Waals surface area (Å²) >= 11 is 4.44. The summed E-state index contributed by atoms with van der Waals surface area (Å²) in [6.45, 7) is 1.43. The van der Waals surface area contributed by atoms with Gasteiger partial charge in [-0.2, -0.15) is 5.10 Å². The molecule has 3 heterocycles. The van der Waals surface area contributed by atoms with Crippen molar-refractivity contribution in [2.24, 2.45) is 0 Å². The number of anilines is 1. The molecule has 9 heteroatoms. The Morgan fingerprint density at radius 1 is 1.38 bits per heavy atom. The van der Waals surface area contributed by atoms with Crippen molar-refractivity contribution in [2.45, 2.75) is 23.1 Å². The van der Waals surface area contributed by atoms with E-state index in [4.69, 9.17) is 4.74 Å². The first-order chi connectivity index (χ1) is 10.0. The summed E-state index contributed by atoms with van der Waals surface area (Å²) in [7, 11) is -3.55. The van der Waals surface area contributed by atoms with Crippen LogP contribution in [0.3, 0.4) is 0 Å². The summed E-state index contributed by atoms with van der Waals surface area (Å²) in [5, 5.41) is 4.25. The zero-order valence-electron chi connectivity index (χ0n) is 11.0. The molecule has 0 saturated carbocycles. The van der Waals surface area contributed by atoms with Crippen LogP contribution < -0.4 is 4.72 Å². The lowest BCUT2D eigenvalue weighted by molar-refractivity contribution is 0.0662. The Morgan fingerprint density at radius 3 is 2.81 bits per heavy atom. The maximum absolute atomic E-state index is 12.2. The molecular formula is C12H14BrN3O3S2. The van der Waals surface area contributed by atoms with Gasteiger partial charge in [-0.25, -0.2) is 8.42 Å². The molecule has 21 heavy (non-hydrogen) atoms. The maximum atomic E-state index is 12.2. The fourth-order valence-electron chi connectivity index (χ4n) is 2.19. The molecule has 0 aromatic carbocycles. The Morgan fingerprint density at radius 2 is 2.14 bits per heavy atom. The summed E-state index contributed by atoms with van der Waals surface area (Å²) in [6.07, 6.45) is 5.06. The van der Waals surface area contributed by atoms with Crippen molar-refractivity contribution < 1.29 is 13.2 Å². The second kappa shape index (κ2) is 6.07. The third kappa shape index (κ3) is 3.47. The molecule has 114 valence electrons. The number of hydrogen-bond acceptors (Lipinski definition) is 5. The molecule has 2 aromatic rings. The Labute approximate surface area is 135 Å². The highest BCUT2D eigenvalue weighted by molar-refractivity contribution is 9.11. The van der Waals surface area contributed by atoms with Gasteiger partial charge < -0.3 is 4.74 Å². The number of thiophene rings is 1. The zero-order valence-corrected chi connectivity index (χ0v) is 14.2. The number of nitrogens with zero attached hydrogens (tertiary/aromatic N) is 2. The summed E-state index contributed by atoms with van der Waals surface area (Å²) in [5.41, 5.74) is 0.478. The summed E-state index contributed by atoms with van der Waals surface area (Å²) in [4.78, 5) is 0. The smallest absolute Gasteiger partial charge is 0.271 e. The van der Waals surface area contributed by atoms with E-state index in [1.807, 2.05) is 4.68 Å². The highest BCUT2D eigenvalue weighted by Gasteiger charge is 2.20. The van der Waals surface area contributed by atoms with Gasteiger partial charge in [0.2, 0.25) is 0 Å². The molecule has 1 aliphatic heterocycles. The molecule has 1 fully saturated rings. The monoisotopic (exact) mass is 391 g/mol. The SMILES string of the molecule is O=S(=O)(Nc1cnn(C2CCOCC2)c1)c1ccc(Br)s1. The van der Waals surface area contributed by atoms with Crippen LogP contribution in [-0.2, 0) is 14.8 Å². The van der Waals surface area contributed by atoms with E-state index < -0.39 is 10.0 Å². The van der Waals surface area contributed by atoms with Crippen molar-refractivity contribution in [3.05, 3.63) is 28.3 Å². The third-order valence-corrected chi connectivity index (χ3v) is 6.73. The van der Waals surface area contributed by atoms with Crippen molar-refractivity contribution in [3.63, 3.8) is 0 Å². The van der Waals surface area contributed by atoms with Crippen LogP contribution in [0, 0.1) is 0 Å². The average molecular weight is 392 g/mol. The van der Waals surface area contributed by atoms with Gasteiger partial charge in [-0.1, -0.05) is 0 Å². The number of halogens is 1. The van der Waals surface area contributed by atoms with Crippen LogP contribution in [0.1, 0.15) is 18.9 Å². The lowest BCUT2D eigenvalue weighted by Crippen LogP contribution is -2.19. The largest absolute Gasteiger partial charge is 0.381 e. The van der Waals surface area contributed by atoms with Gasteiger partial charge in [0.15, 0.2) is 0 Å². The molecule has 0 atom stereocenters. The van der Waals surface area contributed by atoms with E-state index >= 15 is 0 Å². The number of rotatable bonds is 4. The van der Waals surface area contributed by atoms with Gasteiger partial charge in [0.25, 0.3) is 10.0 Å². The minimum atomic E-state index is -3.55. The van der Waals surface area contributed by atoms with Crippen LogP contribution in [0.2, 0.25) is 0 Å². The van der Waals surface area contributed by atoms with E-state index in [9.17, 15) is 8.42 Å². The van der Waals surface area contributed by atoms with Gasteiger partial charge in [-0.15, -0.1) is 11.3 Å². The number of aromatic nitrogens is 2. The van der Waals surface area contributed by atoms with Crippen LogP contribution in [0.4, 0.5) is 5.69 Å². The zero-order chi connectivity index (χ0) is 14.9. The van der Waals surface area contributed by atoms with Crippen LogP contribution in [0.5, 0.6) is 0 Å². The van der Waals surface area contributed by atoms with E-state index in [-0.39, 0.29) is 10.3 Å². The standard InChI is InChI=1S/C12H14BrN3O3S2/c13-11-1-2-12(20-11)21(17,18)15-9-7-14-16(8-9)10-3-5-19-6-4-10/h1-2,7-8,10,15H,3-6H2. The molecule has 1 N–H and O–H groups in total. The maximum Gasteiger partial charge on any atom is 0.271 e. The number of sulfonamides is 1. The first-order valence-corrected chi connectivity index (χ1v) is 9.54. The van der Waals surface area contributed by atoms with Gasteiger partial charge >= 0.3 is 0 Å². The predicted molar refractivity (Wildman–Crippen MR) is 84.1 cm³/mol. The molecule has 3 rings (SSSR count). The van der Waals surface area contributed by atoms with Gasteiger partial charge in [-0.3, -0.25) is 9.40 Å². The number of ether oxygens (including phenoxy) is 1. The lowest BCUT2D eigenvalue weighted by atomic mass is 10.1. The van der Waals surface area contributed by atoms with Crippen molar-refractivity contribution in [2.75, 3.05) is 17.9 Å². The Bertz CT molecular complexity index is 720. The van der Waals surface area contributed by atoms with Gasteiger partial charge in [0, 0.05) is 19.4 Å². The predicted octanol–water partition coefficient (Wildman–Crippen LogP) is 2.86. The molecule has 0 aliphatic carbocycles. The van der Waals surface area contributed by atoms with Crippen LogP contribution in [0.25, 0.3) is 0 Å². The molecule has 2 aromatic heterocycles. The quantitative estimate of drug-likeness (QED) is 0.869. The van der Waals surface area contributed by atoms with E-state index in [2.05, 4.69) is 25.8 Å². The third-order valence-electron chi connectivity index (χ3n) is 3.23. The van der Waals surface area contributed by atoms with Gasteiger partial charge in [-0.05, 0) is 40.9 Å². The topological polar surface area (TPSA) is 73.2 Å². The molecule has 0 unspecified atom stereocenters. The average Bonchev–Trinajstić information content (AvgIpc) is 3.09. The fourth-order valence-corrected chi connectivity index (χ4v) is 5.23. The molecule has 1 saturated heterocycles. The number of nitrogens with one attached hydrogen (secondary N) is 1. The van der Waals surface area contributed by atoms with Crippen molar-refractivity contribution in [1.82, 2.24) is 9.78 Å². The van der Waals surface area contributed by atoms with Crippen molar-refractivity contribution >= 4 is 43.0 Å². The first-order valence-electron chi connectivity index (χ1n) is 6.45. The Balaban J connectivity index is 1.74. The minimum absolute atomic E-state index is 0.271. The fraction of sp³-hybridized carbons (Fsp3) is 0.417. The van der Waals surface area contributed by atoms with E-state index in [0.29, 0.717) is 5.69 Å². The summed E-state index contributed by atoms with van der Waals surface area (Å²) in [5.74, 6) is 0. The van der Waals surface area contributed by atoms with E-state index in [1.54, 1.807) is 18.3 Å². The van der Waals surface area contributed by atoms with Crippen LogP contribution in [-0.4, -0.2) is 31.4 Å². The van der Waals surface area contributed by atoms with Crippen LogP contribution in [0.15, 0.2) is 32.5 Å². The van der Waals surface area contributed by atoms with E-state index in [0.717, 1.165) is 29.8 Å². The first kappa shape index (κ1) is 15.0. The highest BCUT2D eigenvalue weighted by Crippen LogP contribution is 2.28. The highest BCUT2D eigenvalue weighted by atomic mass is 79.9. The Kier molecular flexibility index (Phi) is 4.34. The second-order valence-electron chi connectivity index (χ2n) is 4.72. The normalized spacial score (nSPS) is 17.0. The van der Waals surface area contributed by atoms with E-state index in [1.165, 1.54) is 17.5 Å². The van der Waals surface area contributed by atoms with Crippen molar-refractivity contribution in [3.8, 4) is 0 Å². The molecule has 1 aliphatic rings. The molecule has 0 spiro atoms. The summed E-state index contributed by atoms with van der Waals surface area (Å²) < 4.78 is 35.2. The second-order valence-corrected chi connectivity index (χ2v) is 9.09. The number of hydrogen-bond donors (Lipinski definition) is 1. The summed E-state index contributed by atoms with van der Waals surface area (Å²) in [6, 6.07) is 3.55. The minimum Gasteiger partial charge on any atom is -0.381 e. The van der Waals surface area contributed by atoms with Gasteiger partial charge in [0.1, 0.15) is 4.21 Å². The molecule has 0 bridgehead atoms. The Hall–Kier alpha value is -0.900.